The van der Waals surface area contributed by atoms with Gasteiger partial charge in [0.1, 0.15) is 0 Å². The van der Waals surface area contributed by atoms with Gasteiger partial charge in [-0.15, -0.1) is 0 Å². The first-order chi connectivity index (χ1) is 12.0. The summed E-state index contributed by atoms with van der Waals surface area (Å²) in [7, 11) is 0. The molecule has 0 saturated carbocycles. The summed E-state index contributed by atoms with van der Waals surface area (Å²) in [6.07, 6.45) is 3.05. The minimum Gasteiger partial charge on any atom is -0.372 e. The average Bonchev–Trinajstić information content (AvgIpc) is 2.63. The summed E-state index contributed by atoms with van der Waals surface area (Å²) in [6.45, 7) is 7.95. The number of benzene rings is 1. The molecule has 0 bridgehead atoms. The third kappa shape index (κ3) is 5.04. The molecule has 25 heavy (non-hydrogen) atoms. The molecular weight excluding hydrogens is 316 g/mol. The zero-order valence-corrected chi connectivity index (χ0v) is 14.9. The normalized spacial score (nSPS) is 10.2. The van der Waals surface area contributed by atoms with Crippen LogP contribution in [0.15, 0.2) is 42.7 Å². The lowest BCUT2D eigenvalue weighted by Gasteiger charge is -2.22. The van der Waals surface area contributed by atoms with Crippen LogP contribution in [0.4, 0.5) is 11.4 Å². The minimum absolute atomic E-state index is 0.0923. The molecule has 1 aromatic heterocycles. The Morgan fingerprint density at radius 1 is 1.16 bits per heavy atom. The van der Waals surface area contributed by atoms with Crippen LogP contribution in [0.25, 0.3) is 0 Å². The van der Waals surface area contributed by atoms with E-state index in [4.69, 9.17) is 0 Å². The lowest BCUT2D eigenvalue weighted by molar-refractivity contribution is -0.115. The number of nitrogens with one attached hydrogen (secondary N) is 2. The van der Waals surface area contributed by atoms with Crippen LogP contribution in [0.1, 0.15) is 29.8 Å². The van der Waals surface area contributed by atoms with Crippen LogP contribution in [0.3, 0.4) is 0 Å². The standard InChI is InChI=1S/C19H24N4O2/c1-4-23(5-2)16-8-9-17(14(3)11-16)22-18(24)13-21-19(25)15-7-6-10-20-12-15/h6-12H,4-5,13H2,1-3H3,(H,21,25)(H,22,24). The summed E-state index contributed by atoms with van der Waals surface area (Å²) in [6, 6.07) is 9.26. The van der Waals surface area contributed by atoms with E-state index in [1.807, 2.05) is 19.1 Å². The molecule has 0 fully saturated rings. The van der Waals surface area contributed by atoms with Gasteiger partial charge in [0, 0.05) is 36.9 Å². The summed E-state index contributed by atoms with van der Waals surface area (Å²) in [5.74, 6) is -0.590. The molecule has 0 atom stereocenters. The van der Waals surface area contributed by atoms with E-state index in [0.29, 0.717) is 5.56 Å². The molecule has 0 saturated heterocycles. The van der Waals surface area contributed by atoms with E-state index in [2.05, 4.69) is 40.4 Å². The lowest BCUT2D eigenvalue weighted by atomic mass is 10.1. The average molecular weight is 340 g/mol. The number of rotatable bonds is 7. The van der Waals surface area contributed by atoms with Crippen LogP contribution in [0, 0.1) is 6.92 Å². The number of aryl methyl sites for hydroxylation is 1. The zero-order chi connectivity index (χ0) is 18.2. The van der Waals surface area contributed by atoms with Crippen molar-refractivity contribution in [2.24, 2.45) is 0 Å². The fraction of sp³-hybridized carbons (Fsp3) is 0.316. The first-order valence-electron chi connectivity index (χ1n) is 8.38. The van der Waals surface area contributed by atoms with E-state index in [9.17, 15) is 9.59 Å². The van der Waals surface area contributed by atoms with Gasteiger partial charge in [0.2, 0.25) is 5.91 Å². The molecule has 132 valence electrons. The number of carbonyl (C=O) groups excluding carboxylic acids is 2. The van der Waals surface area contributed by atoms with E-state index in [-0.39, 0.29) is 18.4 Å². The highest BCUT2D eigenvalue weighted by Gasteiger charge is 2.10. The molecule has 6 heteroatoms. The van der Waals surface area contributed by atoms with Crippen molar-refractivity contribution in [2.45, 2.75) is 20.8 Å². The molecule has 0 radical (unpaired) electrons. The highest BCUT2D eigenvalue weighted by Crippen LogP contribution is 2.22. The van der Waals surface area contributed by atoms with Crippen LogP contribution < -0.4 is 15.5 Å². The second-order valence-electron chi connectivity index (χ2n) is 5.64. The van der Waals surface area contributed by atoms with Crippen LogP contribution in [0.5, 0.6) is 0 Å². The van der Waals surface area contributed by atoms with Crippen molar-refractivity contribution < 1.29 is 9.59 Å². The molecule has 1 aromatic carbocycles. The molecule has 2 N–H and O–H groups in total. The number of carbonyl (C=O) groups is 2. The molecule has 2 rings (SSSR count). The highest BCUT2D eigenvalue weighted by atomic mass is 16.2. The van der Waals surface area contributed by atoms with E-state index >= 15 is 0 Å². The Morgan fingerprint density at radius 3 is 2.52 bits per heavy atom. The van der Waals surface area contributed by atoms with Crippen molar-refractivity contribution in [1.82, 2.24) is 10.3 Å². The molecule has 2 aromatic rings. The van der Waals surface area contributed by atoms with Gasteiger partial charge in [0.05, 0.1) is 12.1 Å². The highest BCUT2D eigenvalue weighted by molar-refractivity contribution is 5.99. The number of anilines is 2. The third-order valence-electron chi connectivity index (χ3n) is 3.95. The minimum atomic E-state index is -0.322. The Balaban J connectivity index is 1.93. The van der Waals surface area contributed by atoms with E-state index < -0.39 is 0 Å². The number of hydrogen-bond acceptors (Lipinski definition) is 4. The molecule has 0 aliphatic heterocycles. The maximum absolute atomic E-state index is 12.1. The second kappa shape index (κ2) is 8.82. The predicted octanol–water partition coefficient (Wildman–Crippen LogP) is 2.60. The molecule has 0 aliphatic rings. The van der Waals surface area contributed by atoms with Crippen LogP contribution in [0.2, 0.25) is 0 Å². The van der Waals surface area contributed by atoms with Gasteiger partial charge in [-0.1, -0.05) is 0 Å². The largest absolute Gasteiger partial charge is 0.372 e. The van der Waals surface area contributed by atoms with Crippen LogP contribution in [-0.2, 0) is 4.79 Å². The van der Waals surface area contributed by atoms with E-state index in [0.717, 1.165) is 30.0 Å². The van der Waals surface area contributed by atoms with Crippen molar-refractivity contribution in [1.29, 1.82) is 0 Å². The summed E-state index contributed by atoms with van der Waals surface area (Å²) in [5.41, 5.74) is 3.29. The van der Waals surface area contributed by atoms with E-state index in [1.165, 1.54) is 6.20 Å². The topological polar surface area (TPSA) is 74.3 Å². The summed E-state index contributed by atoms with van der Waals surface area (Å²) < 4.78 is 0. The zero-order valence-electron chi connectivity index (χ0n) is 14.9. The Hall–Kier alpha value is -2.89. The summed E-state index contributed by atoms with van der Waals surface area (Å²) in [4.78, 5) is 30.1. The maximum atomic E-state index is 12.1. The number of amides is 2. The Bertz CT molecular complexity index is 727. The van der Waals surface area contributed by atoms with Crippen molar-refractivity contribution in [2.75, 3.05) is 29.9 Å². The first kappa shape index (κ1) is 18.4. The molecule has 2 amide bonds. The SMILES string of the molecule is CCN(CC)c1ccc(NC(=O)CNC(=O)c2cccnc2)c(C)c1. The molecule has 0 aliphatic carbocycles. The molecule has 0 spiro atoms. The fourth-order valence-electron chi connectivity index (χ4n) is 2.53. The predicted molar refractivity (Wildman–Crippen MR) is 99.9 cm³/mol. The molecular formula is C19H24N4O2. The number of hydrogen-bond donors (Lipinski definition) is 2. The Morgan fingerprint density at radius 2 is 1.92 bits per heavy atom. The van der Waals surface area contributed by atoms with Crippen molar-refractivity contribution in [3.8, 4) is 0 Å². The summed E-state index contributed by atoms with van der Waals surface area (Å²) >= 11 is 0. The monoisotopic (exact) mass is 340 g/mol. The number of aromatic nitrogens is 1. The first-order valence-corrected chi connectivity index (χ1v) is 8.38. The smallest absolute Gasteiger partial charge is 0.253 e. The van der Waals surface area contributed by atoms with Gasteiger partial charge in [-0.3, -0.25) is 14.6 Å². The number of nitrogens with zero attached hydrogens (tertiary/aromatic N) is 2. The Kier molecular flexibility index (Phi) is 6.51. The Labute approximate surface area is 148 Å². The van der Waals surface area contributed by atoms with Gasteiger partial charge in [-0.05, 0) is 56.7 Å². The van der Waals surface area contributed by atoms with Crippen LogP contribution >= 0.6 is 0 Å². The molecule has 1 heterocycles. The van der Waals surface area contributed by atoms with Crippen LogP contribution in [-0.4, -0.2) is 36.4 Å². The fourth-order valence-corrected chi connectivity index (χ4v) is 2.53. The van der Waals surface area contributed by atoms with Crippen molar-refractivity contribution in [3.05, 3.63) is 53.9 Å². The van der Waals surface area contributed by atoms with Gasteiger partial charge >= 0.3 is 0 Å². The second-order valence-corrected chi connectivity index (χ2v) is 5.64. The van der Waals surface area contributed by atoms with Gasteiger partial charge in [-0.2, -0.15) is 0 Å². The van der Waals surface area contributed by atoms with Crippen molar-refractivity contribution in [3.63, 3.8) is 0 Å². The lowest BCUT2D eigenvalue weighted by Crippen LogP contribution is -2.33. The van der Waals surface area contributed by atoms with E-state index in [1.54, 1.807) is 18.3 Å². The number of pyridine rings is 1. The summed E-state index contributed by atoms with van der Waals surface area (Å²) in [5, 5.41) is 5.42. The quantitative estimate of drug-likeness (QED) is 0.812. The van der Waals surface area contributed by atoms with Gasteiger partial charge in [0.25, 0.3) is 5.91 Å². The molecule has 6 nitrogen and oxygen atoms in total. The van der Waals surface area contributed by atoms with Crippen molar-refractivity contribution >= 4 is 23.2 Å². The third-order valence-corrected chi connectivity index (χ3v) is 3.95. The van der Waals surface area contributed by atoms with Gasteiger partial charge < -0.3 is 15.5 Å². The maximum Gasteiger partial charge on any atom is 0.253 e. The van der Waals surface area contributed by atoms with Gasteiger partial charge in [0.15, 0.2) is 0 Å². The van der Waals surface area contributed by atoms with Gasteiger partial charge in [-0.25, -0.2) is 0 Å². The molecule has 0 unspecified atom stereocenters.